The molecular weight excluding hydrogens is 410 g/mol. The zero-order valence-electron chi connectivity index (χ0n) is 20.8. The van der Waals surface area contributed by atoms with E-state index in [1.54, 1.807) is 24.0 Å². The molecule has 32 heavy (non-hydrogen) atoms. The predicted octanol–water partition coefficient (Wildman–Crippen LogP) is 5.02. The van der Waals surface area contributed by atoms with E-state index < -0.39 is 12.1 Å². The number of carboxylic acid groups (broad SMARTS) is 1. The van der Waals surface area contributed by atoms with Gasteiger partial charge in [-0.1, -0.05) is 53.7 Å². The van der Waals surface area contributed by atoms with Gasteiger partial charge in [-0.3, -0.25) is 0 Å². The van der Waals surface area contributed by atoms with Gasteiger partial charge >= 0.3 is 12.1 Å². The van der Waals surface area contributed by atoms with E-state index in [1.165, 1.54) is 0 Å². The summed E-state index contributed by atoms with van der Waals surface area (Å²) in [5.74, 6) is -0.309. The monoisotopic (exact) mass is 451 g/mol. The molecule has 0 saturated carbocycles. The van der Waals surface area contributed by atoms with Crippen molar-refractivity contribution in [3.05, 3.63) is 29.8 Å². The molecule has 1 rings (SSSR count). The Hall–Kier alpha value is -2.28. The van der Waals surface area contributed by atoms with Gasteiger partial charge in [-0.05, 0) is 41.9 Å². The van der Waals surface area contributed by atoms with E-state index in [1.807, 2.05) is 32.9 Å². The first-order valence-corrected chi connectivity index (χ1v) is 11.3. The van der Waals surface area contributed by atoms with Crippen LogP contribution in [0.4, 0.5) is 4.79 Å². The van der Waals surface area contributed by atoms with Gasteiger partial charge in [0.15, 0.2) is 6.10 Å². The Morgan fingerprint density at radius 3 is 2.12 bits per heavy atom. The molecule has 1 aromatic rings. The lowest BCUT2D eigenvalue weighted by Gasteiger charge is -2.28. The van der Waals surface area contributed by atoms with Gasteiger partial charge in [-0.25, -0.2) is 9.59 Å². The number of carbonyl (C=O) groups excluding carboxylic acids is 1. The molecule has 1 N–H and O–H groups in total. The van der Waals surface area contributed by atoms with Gasteiger partial charge in [-0.2, -0.15) is 0 Å². The predicted molar refractivity (Wildman–Crippen MR) is 125 cm³/mol. The fourth-order valence-corrected chi connectivity index (χ4v) is 2.76. The molecule has 1 aromatic carbocycles. The van der Waals surface area contributed by atoms with Crippen molar-refractivity contribution in [2.24, 2.45) is 10.8 Å². The van der Waals surface area contributed by atoms with Gasteiger partial charge < -0.3 is 24.2 Å². The van der Waals surface area contributed by atoms with E-state index in [4.69, 9.17) is 14.2 Å². The number of rotatable bonds is 12. The van der Waals surface area contributed by atoms with E-state index in [0.29, 0.717) is 45.1 Å². The van der Waals surface area contributed by atoms with Crippen molar-refractivity contribution >= 4 is 12.1 Å². The van der Waals surface area contributed by atoms with Crippen LogP contribution < -0.4 is 4.74 Å². The number of nitrogens with zero attached hydrogens (tertiary/aromatic N) is 1. The Balaban J connectivity index is 2.63. The molecule has 0 saturated heterocycles. The Morgan fingerprint density at radius 1 is 1.00 bits per heavy atom. The van der Waals surface area contributed by atoms with Crippen molar-refractivity contribution in [1.29, 1.82) is 0 Å². The van der Waals surface area contributed by atoms with Gasteiger partial charge in [0.05, 0.1) is 13.2 Å². The largest absolute Gasteiger partial charge is 0.492 e. The van der Waals surface area contributed by atoms with Crippen molar-refractivity contribution in [2.75, 3.05) is 32.9 Å². The smallest absolute Gasteiger partial charge is 0.409 e. The first-order valence-electron chi connectivity index (χ1n) is 11.3. The normalized spacial score (nSPS) is 12.8. The van der Waals surface area contributed by atoms with Gasteiger partial charge in [0.25, 0.3) is 0 Å². The summed E-state index contributed by atoms with van der Waals surface area (Å²) in [5, 5.41) is 9.22. The number of ether oxygens (including phenoxy) is 3. The first kappa shape index (κ1) is 27.8. The zero-order valence-corrected chi connectivity index (χ0v) is 20.8. The highest BCUT2D eigenvalue weighted by atomic mass is 16.6. The van der Waals surface area contributed by atoms with Gasteiger partial charge in [0.2, 0.25) is 0 Å². The maximum absolute atomic E-state index is 12.6. The summed E-state index contributed by atoms with van der Waals surface area (Å²) >= 11 is 0. The first-order chi connectivity index (χ1) is 14.8. The summed E-state index contributed by atoms with van der Waals surface area (Å²) in [5.41, 5.74) is 0.871. The van der Waals surface area contributed by atoms with E-state index in [-0.39, 0.29) is 16.9 Å². The Labute approximate surface area is 193 Å². The molecule has 0 fully saturated rings. The van der Waals surface area contributed by atoms with Crippen LogP contribution in [0, 0.1) is 10.8 Å². The van der Waals surface area contributed by atoms with Crippen molar-refractivity contribution in [3.63, 3.8) is 0 Å². The molecule has 7 nitrogen and oxygen atoms in total. The summed E-state index contributed by atoms with van der Waals surface area (Å²) in [6.07, 6.45) is -0.0263. The van der Waals surface area contributed by atoms with Crippen LogP contribution in [0.1, 0.15) is 60.5 Å². The molecule has 182 valence electrons. The topological polar surface area (TPSA) is 85.3 Å². The summed E-state index contributed by atoms with van der Waals surface area (Å²) in [4.78, 5) is 25.5. The molecule has 0 aliphatic rings. The van der Waals surface area contributed by atoms with Crippen LogP contribution in [-0.4, -0.2) is 61.1 Å². The number of hydrogen-bond acceptors (Lipinski definition) is 5. The average molecular weight is 452 g/mol. The van der Waals surface area contributed by atoms with E-state index in [0.717, 1.165) is 12.0 Å². The maximum atomic E-state index is 12.6. The van der Waals surface area contributed by atoms with Gasteiger partial charge in [-0.15, -0.1) is 0 Å². The molecule has 0 bridgehead atoms. The summed E-state index contributed by atoms with van der Waals surface area (Å²) in [6, 6.07) is 7.27. The SMILES string of the molecule is CCOC(Cc1ccc(OCCN(CCC(C)(C)C)C(=O)OCC(C)(C)C)cc1)C(=O)O. The lowest BCUT2D eigenvalue weighted by molar-refractivity contribution is -0.149. The molecule has 0 aliphatic heterocycles. The Kier molecular flexibility index (Phi) is 11.0. The summed E-state index contributed by atoms with van der Waals surface area (Å²) in [6.45, 7) is 16.4. The highest BCUT2D eigenvalue weighted by Gasteiger charge is 2.21. The molecule has 0 heterocycles. The third-order valence-corrected chi connectivity index (χ3v) is 4.64. The fraction of sp³-hybridized carbons (Fsp3) is 0.680. The quantitative estimate of drug-likeness (QED) is 0.480. The van der Waals surface area contributed by atoms with Gasteiger partial charge in [0.1, 0.15) is 12.4 Å². The second-order valence-electron chi connectivity index (χ2n) is 10.4. The standard InChI is InChI=1S/C25H41NO6/c1-8-30-21(22(27)28)17-19-9-11-20(12-10-19)31-16-15-26(14-13-24(2,3)4)23(29)32-18-25(5,6)7/h9-12,21H,8,13-18H2,1-7H3,(H,27,28). The number of benzene rings is 1. The summed E-state index contributed by atoms with van der Waals surface area (Å²) < 4.78 is 16.6. The minimum atomic E-state index is -0.971. The van der Waals surface area contributed by atoms with Crippen molar-refractivity contribution in [1.82, 2.24) is 4.90 Å². The van der Waals surface area contributed by atoms with Crippen LogP contribution in [0.3, 0.4) is 0 Å². The van der Waals surface area contributed by atoms with Gasteiger partial charge in [0, 0.05) is 19.6 Å². The molecule has 0 aromatic heterocycles. The highest BCUT2D eigenvalue weighted by molar-refractivity contribution is 5.72. The molecule has 1 unspecified atom stereocenters. The molecule has 0 aliphatic carbocycles. The molecule has 0 spiro atoms. The van der Waals surface area contributed by atoms with Crippen molar-refractivity contribution < 1.29 is 28.9 Å². The van der Waals surface area contributed by atoms with Crippen LogP contribution in [0.25, 0.3) is 0 Å². The van der Waals surface area contributed by atoms with Crippen LogP contribution in [0.2, 0.25) is 0 Å². The number of carboxylic acids is 1. The molecule has 1 amide bonds. The fourth-order valence-electron chi connectivity index (χ4n) is 2.76. The van der Waals surface area contributed by atoms with Crippen LogP contribution in [-0.2, 0) is 20.7 Å². The maximum Gasteiger partial charge on any atom is 0.409 e. The molecular formula is C25H41NO6. The summed E-state index contributed by atoms with van der Waals surface area (Å²) in [7, 11) is 0. The van der Waals surface area contributed by atoms with E-state index in [2.05, 4.69) is 20.8 Å². The average Bonchev–Trinajstić information content (AvgIpc) is 2.68. The molecule has 0 radical (unpaired) electrons. The van der Waals surface area contributed by atoms with Crippen LogP contribution >= 0.6 is 0 Å². The number of aliphatic carboxylic acids is 1. The Morgan fingerprint density at radius 2 is 1.62 bits per heavy atom. The van der Waals surface area contributed by atoms with Crippen molar-refractivity contribution in [2.45, 2.75) is 67.4 Å². The zero-order chi connectivity index (χ0) is 24.4. The third kappa shape index (κ3) is 11.9. The van der Waals surface area contributed by atoms with Crippen molar-refractivity contribution in [3.8, 4) is 5.75 Å². The molecule has 7 heteroatoms. The van der Waals surface area contributed by atoms with E-state index >= 15 is 0 Å². The van der Waals surface area contributed by atoms with E-state index in [9.17, 15) is 14.7 Å². The number of carbonyl (C=O) groups is 2. The number of hydrogen-bond donors (Lipinski definition) is 1. The minimum Gasteiger partial charge on any atom is -0.492 e. The minimum absolute atomic E-state index is 0.0918. The van der Waals surface area contributed by atoms with Crippen LogP contribution in [0.15, 0.2) is 24.3 Å². The van der Waals surface area contributed by atoms with Crippen LogP contribution in [0.5, 0.6) is 5.75 Å². The molecule has 1 atom stereocenters. The highest BCUT2D eigenvalue weighted by Crippen LogP contribution is 2.20. The second-order valence-corrected chi connectivity index (χ2v) is 10.4. The Bertz CT molecular complexity index is 703. The number of amides is 1. The lowest BCUT2D eigenvalue weighted by atomic mass is 9.92. The third-order valence-electron chi connectivity index (χ3n) is 4.64. The second kappa shape index (κ2) is 12.7. The lowest BCUT2D eigenvalue weighted by Crippen LogP contribution is -2.38.